The summed E-state index contributed by atoms with van der Waals surface area (Å²) in [6, 6.07) is 0. The Morgan fingerprint density at radius 2 is 1.73 bits per heavy atom. The summed E-state index contributed by atoms with van der Waals surface area (Å²) in [5, 5.41) is 10.3. The molecule has 1 unspecified atom stereocenters. The van der Waals surface area contributed by atoms with E-state index in [4.69, 9.17) is 0 Å². The van der Waals surface area contributed by atoms with Gasteiger partial charge in [-0.15, -0.1) is 0 Å². The van der Waals surface area contributed by atoms with Crippen molar-refractivity contribution < 1.29 is 5.11 Å². The summed E-state index contributed by atoms with van der Waals surface area (Å²) < 4.78 is 0. The Kier molecular flexibility index (Phi) is 4.76. The molecule has 3 fully saturated rings. The molecule has 0 saturated heterocycles. The van der Waals surface area contributed by atoms with Gasteiger partial charge in [-0.1, -0.05) is 49.5 Å². The fourth-order valence-corrected chi connectivity index (χ4v) is 7.46. The lowest BCUT2D eigenvalue weighted by atomic mass is 9.42. The molecule has 0 heterocycles. The first-order valence-corrected chi connectivity index (χ1v) is 10.6. The van der Waals surface area contributed by atoms with Gasteiger partial charge in [-0.05, 0) is 80.5 Å². The molecule has 3 saturated carbocycles. The van der Waals surface area contributed by atoms with E-state index in [-0.39, 0.29) is 5.60 Å². The minimum absolute atomic E-state index is 0.384. The van der Waals surface area contributed by atoms with Crippen molar-refractivity contribution in [2.24, 2.45) is 35.0 Å². The van der Waals surface area contributed by atoms with E-state index in [1.165, 1.54) is 38.5 Å². The highest BCUT2D eigenvalue weighted by Crippen LogP contribution is 2.66. The summed E-state index contributed by atoms with van der Waals surface area (Å²) in [4.78, 5) is 0.734. The predicted octanol–water partition coefficient (Wildman–Crippen LogP) is 5.79. The van der Waals surface area contributed by atoms with Crippen LogP contribution in [0.3, 0.4) is 0 Å². The average molecular weight is 371 g/mol. The highest BCUT2D eigenvalue weighted by atomic mass is 79.9. The monoisotopic (exact) mass is 370 g/mol. The van der Waals surface area contributed by atoms with Gasteiger partial charge in [0.25, 0.3) is 0 Å². The van der Waals surface area contributed by atoms with E-state index < -0.39 is 0 Å². The lowest BCUT2D eigenvalue weighted by Gasteiger charge is -2.65. The quantitative estimate of drug-likeness (QED) is 0.623. The minimum Gasteiger partial charge on any atom is -0.390 e. The number of aliphatic hydroxyl groups is 1. The first-order valence-electron chi connectivity index (χ1n) is 9.66. The molecule has 3 aliphatic carbocycles. The lowest BCUT2D eigenvalue weighted by molar-refractivity contribution is -0.126. The normalized spacial score (nSPS) is 55.4. The number of rotatable bonds is 3. The molecule has 2 heteroatoms. The molecule has 0 aliphatic heterocycles. The van der Waals surface area contributed by atoms with Crippen LogP contribution in [0.15, 0.2) is 0 Å². The Morgan fingerprint density at radius 1 is 1.09 bits per heavy atom. The summed E-state index contributed by atoms with van der Waals surface area (Å²) in [5.41, 5.74) is 0.167. The standard InChI is InChI=1S/C20H35BrO/c1-5-6-16-15(14-7-10-19(3,22)11-8-14)9-12-20(4)17(16)13(2)18(20)21/h13-18,22H,5-12H2,1-4H3/t13-,14?,15-,16-,17+,18?,19?,20+/m1/s1. The highest BCUT2D eigenvalue weighted by Gasteiger charge is 2.61. The minimum atomic E-state index is -0.384. The Labute approximate surface area is 145 Å². The Bertz CT molecular complexity index is 397. The van der Waals surface area contributed by atoms with Crippen LogP contribution in [-0.2, 0) is 0 Å². The van der Waals surface area contributed by atoms with Gasteiger partial charge in [-0.2, -0.15) is 0 Å². The van der Waals surface area contributed by atoms with Crippen molar-refractivity contribution in [3.05, 3.63) is 0 Å². The van der Waals surface area contributed by atoms with Gasteiger partial charge in [0, 0.05) is 4.83 Å². The zero-order valence-electron chi connectivity index (χ0n) is 14.9. The van der Waals surface area contributed by atoms with Gasteiger partial charge in [0.05, 0.1) is 5.60 Å². The summed E-state index contributed by atoms with van der Waals surface area (Å²) in [6.07, 6.45) is 10.1. The van der Waals surface area contributed by atoms with E-state index in [1.54, 1.807) is 0 Å². The van der Waals surface area contributed by atoms with Crippen LogP contribution in [-0.4, -0.2) is 15.5 Å². The van der Waals surface area contributed by atoms with Crippen molar-refractivity contribution in [1.82, 2.24) is 0 Å². The number of hydrogen-bond donors (Lipinski definition) is 1. The third-order valence-corrected chi connectivity index (χ3v) is 9.66. The van der Waals surface area contributed by atoms with Gasteiger partial charge < -0.3 is 5.11 Å². The largest absolute Gasteiger partial charge is 0.390 e. The van der Waals surface area contributed by atoms with E-state index in [2.05, 4.69) is 36.7 Å². The van der Waals surface area contributed by atoms with Crippen molar-refractivity contribution in [1.29, 1.82) is 0 Å². The van der Waals surface area contributed by atoms with Gasteiger partial charge in [0.1, 0.15) is 0 Å². The molecular formula is C20H35BrO. The molecule has 128 valence electrons. The molecule has 22 heavy (non-hydrogen) atoms. The summed E-state index contributed by atoms with van der Waals surface area (Å²) in [6.45, 7) is 9.42. The highest BCUT2D eigenvalue weighted by molar-refractivity contribution is 9.09. The molecule has 1 N–H and O–H groups in total. The molecule has 3 aliphatic rings. The topological polar surface area (TPSA) is 20.2 Å². The van der Waals surface area contributed by atoms with Gasteiger partial charge in [-0.25, -0.2) is 0 Å². The van der Waals surface area contributed by atoms with Crippen LogP contribution in [0.4, 0.5) is 0 Å². The maximum absolute atomic E-state index is 10.3. The molecule has 0 spiro atoms. The van der Waals surface area contributed by atoms with Gasteiger partial charge in [-0.3, -0.25) is 0 Å². The maximum Gasteiger partial charge on any atom is 0.0620 e. The number of fused-ring (bicyclic) bond motifs is 1. The first kappa shape index (κ1) is 17.3. The summed E-state index contributed by atoms with van der Waals surface area (Å²) in [5.74, 6) is 4.51. The van der Waals surface area contributed by atoms with Crippen LogP contribution in [0, 0.1) is 35.0 Å². The second-order valence-electron chi connectivity index (χ2n) is 9.28. The molecule has 0 bridgehead atoms. The van der Waals surface area contributed by atoms with Crippen LogP contribution in [0.2, 0.25) is 0 Å². The van der Waals surface area contributed by atoms with Crippen LogP contribution < -0.4 is 0 Å². The van der Waals surface area contributed by atoms with Crippen LogP contribution in [0.1, 0.15) is 79.1 Å². The fraction of sp³-hybridized carbons (Fsp3) is 1.00. The van der Waals surface area contributed by atoms with E-state index >= 15 is 0 Å². The van der Waals surface area contributed by atoms with Crippen molar-refractivity contribution >= 4 is 15.9 Å². The van der Waals surface area contributed by atoms with Crippen LogP contribution in [0.5, 0.6) is 0 Å². The number of hydrogen-bond acceptors (Lipinski definition) is 1. The molecular weight excluding hydrogens is 336 g/mol. The first-order chi connectivity index (χ1) is 10.3. The summed E-state index contributed by atoms with van der Waals surface area (Å²) >= 11 is 4.00. The van der Waals surface area contributed by atoms with E-state index in [9.17, 15) is 5.11 Å². The van der Waals surface area contributed by atoms with Gasteiger partial charge in [0.15, 0.2) is 0 Å². The SMILES string of the molecule is CCC[C@H]1[C@@H]2[C@@H](C)C(Br)[C@@]2(C)CC[C@@H]1C1CCC(C)(O)CC1. The second kappa shape index (κ2) is 6.06. The molecule has 3 rings (SSSR count). The smallest absolute Gasteiger partial charge is 0.0620 e. The second-order valence-corrected chi connectivity index (χ2v) is 10.3. The molecule has 0 aromatic carbocycles. The zero-order chi connectivity index (χ0) is 16.1. The Balaban J connectivity index is 1.75. The molecule has 0 aromatic heterocycles. The molecule has 1 nitrogen and oxygen atoms in total. The van der Waals surface area contributed by atoms with Gasteiger partial charge >= 0.3 is 0 Å². The Morgan fingerprint density at radius 3 is 2.32 bits per heavy atom. The van der Waals surface area contributed by atoms with Crippen molar-refractivity contribution in [3.63, 3.8) is 0 Å². The molecule has 0 aromatic rings. The van der Waals surface area contributed by atoms with Crippen molar-refractivity contribution in [3.8, 4) is 0 Å². The number of alkyl halides is 1. The lowest BCUT2D eigenvalue weighted by Crippen LogP contribution is -2.62. The average Bonchev–Trinajstić information content (AvgIpc) is 2.48. The fourth-order valence-electron chi connectivity index (χ4n) is 6.59. The van der Waals surface area contributed by atoms with Crippen LogP contribution >= 0.6 is 15.9 Å². The van der Waals surface area contributed by atoms with E-state index in [1.807, 2.05) is 6.92 Å². The van der Waals surface area contributed by atoms with Crippen LogP contribution in [0.25, 0.3) is 0 Å². The zero-order valence-corrected chi connectivity index (χ0v) is 16.5. The third kappa shape index (κ3) is 2.70. The van der Waals surface area contributed by atoms with E-state index in [0.29, 0.717) is 5.41 Å². The summed E-state index contributed by atoms with van der Waals surface area (Å²) in [7, 11) is 0. The van der Waals surface area contributed by atoms with Gasteiger partial charge in [0.2, 0.25) is 0 Å². The van der Waals surface area contributed by atoms with E-state index in [0.717, 1.165) is 47.3 Å². The van der Waals surface area contributed by atoms with Crippen molar-refractivity contribution in [2.75, 3.05) is 0 Å². The molecule has 6 atom stereocenters. The third-order valence-electron chi connectivity index (χ3n) is 7.78. The number of halogens is 1. The Hall–Kier alpha value is 0.440. The molecule has 0 radical (unpaired) electrons. The van der Waals surface area contributed by atoms with Crippen molar-refractivity contribution in [2.45, 2.75) is 89.5 Å². The molecule has 0 amide bonds. The maximum atomic E-state index is 10.3. The predicted molar refractivity (Wildman–Crippen MR) is 97.2 cm³/mol.